The summed E-state index contributed by atoms with van der Waals surface area (Å²) < 4.78 is 5.42. The first-order valence-corrected chi connectivity index (χ1v) is 7.80. The zero-order chi connectivity index (χ0) is 14.9. The van der Waals surface area contributed by atoms with E-state index in [0.29, 0.717) is 23.8 Å². The Bertz CT molecular complexity index is 538. The number of rotatable bonds is 3. The Balaban J connectivity index is 1.96. The van der Waals surface area contributed by atoms with Crippen LogP contribution in [0, 0.1) is 0 Å². The molecule has 1 aromatic rings. The van der Waals surface area contributed by atoms with Crippen molar-refractivity contribution >= 4 is 23.2 Å². The van der Waals surface area contributed by atoms with Gasteiger partial charge in [0.2, 0.25) is 0 Å². The first-order chi connectivity index (χ1) is 10.1. The molecule has 2 fully saturated rings. The van der Waals surface area contributed by atoms with E-state index in [9.17, 15) is 4.79 Å². The van der Waals surface area contributed by atoms with Gasteiger partial charge in [-0.25, -0.2) is 4.98 Å². The standard InChI is InChI=1S/C15H20ClN3O2/c16-11-9-12(14(17)18-10-11)13(20)15(3-1-2-4-15)19-5-7-21-8-6-19/h9-10H,1-8H2,(H2,17,18). The van der Waals surface area contributed by atoms with Gasteiger partial charge in [0, 0.05) is 19.3 Å². The van der Waals surface area contributed by atoms with Gasteiger partial charge in [-0.2, -0.15) is 0 Å². The number of ether oxygens (including phenoxy) is 1. The number of carbonyl (C=O) groups is 1. The van der Waals surface area contributed by atoms with Gasteiger partial charge in [0.05, 0.1) is 29.3 Å². The van der Waals surface area contributed by atoms with Gasteiger partial charge in [0.15, 0.2) is 5.78 Å². The lowest BCUT2D eigenvalue weighted by atomic mass is 9.85. The molecule has 0 bridgehead atoms. The number of nitrogens with zero attached hydrogens (tertiary/aromatic N) is 2. The van der Waals surface area contributed by atoms with Crippen LogP contribution in [-0.2, 0) is 4.74 Å². The van der Waals surface area contributed by atoms with Crippen LogP contribution in [0.4, 0.5) is 5.82 Å². The fourth-order valence-corrected chi connectivity index (χ4v) is 3.68. The lowest BCUT2D eigenvalue weighted by Crippen LogP contribution is -2.56. The minimum absolute atomic E-state index is 0.0643. The van der Waals surface area contributed by atoms with E-state index >= 15 is 0 Å². The van der Waals surface area contributed by atoms with E-state index in [1.807, 2.05) is 0 Å². The number of halogens is 1. The first kappa shape index (κ1) is 14.8. The van der Waals surface area contributed by atoms with E-state index in [0.717, 1.165) is 38.8 Å². The molecule has 2 N–H and O–H groups in total. The number of nitrogen functional groups attached to an aromatic ring is 1. The smallest absolute Gasteiger partial charge is 0.186 e. The molecule has 21 heavy (non-hydrogen) atoms. The average molecular weight is 310 g/mol. The quantitative estimate of drug-likeness (QED) is 0.866. The summed E-state index contributed by atoms with van der Waals surface area (Å²) in [5, 5.41) is 0.447. The lowest BCUT2D eigenvalue weighted by Gasteiger charge is -2.42. The van der Waals surface area contributed by atoms with Crippen LogP contribution >= 0.6 is 11.6 Å². The molecule has 1 aliphatic heterocycles. The SMILES string of the molecule is Nc1ncc(Cl)cc1C(=O)C1(N2CCOCC2)CCCC1. The molecular weight excluding hydrogens is 290 g/mol. The van der Waals surface area contributed by atoms with Gasteiger partial charge < -0.3 is 10.5 Å². The Morgan fingerprint density at radius 1 is 1.33 bits per heavy atom. The van der Waals surface area contributed by atoms with Crippen molar-refractivity contribution in [2.45, 2.75) is 31.2 Å². The van der Waals surface area contributed by atoms with Gasteiger partial charge in [0.1, 0.15) is 5.82 Å². The molecular formula is C15H20ClN3O2. The molecule has 3 rings (SSSR count). The Morgan fingerprint density at radius 2 is 2.00 bits per heavy atom. The van der Waals surface area contributed by atoms with Crippen molar-refractivity contribution in [3.8, 4) is 0 Å². The van der Waals surface area contributed by atoms with Crippen molar-refractivity contribution in [1.29, 1.82) is 0 Å². The van der Waals surface area contributed by atoms with Gasteiger partial charge in [-0.15, -0.1) is 0 Å². The molecule has 2 aliphatic rings. The molecule has 1 saturated carbocycles. The van der Waals surface area contributed by atoms with Gasteiger partial charge in [0.25, 0.3) is 0 Å². The topological polar surface area (TPSA) is 68.5 Å². The molecule has 0 spiro atoms. The highest BCUT2D eigenvalue weighted by molar-refractivity contribution is 6.31. The van der Waals surface area contributed by atoms with E-state index in [4.69, 9.17) is 22.1 Å². The van der Waals surface area contributed by atoms with Crippen LogP contribution < -0.4 is 5.73 Å². The van der Waals surface area contributed by atoms with E-state index in [-0.39, 0.29) is 11.6 Å². The van der Waals surface area contributed by atoms with Crippen molar-refractivity contribution in [2.24, 2.45) is 0 Å². The van der Waals surface area contributed by atoms with E-state index < -0.39 is 5.54 Å². The third-order valence-corrected chi connectivity index (χ3v) is 4.81. The molecule has 0 atom stereocenters. The van der Waals surface area contributed by atoms with Gasteiger partial charge >= 0.3 is 0 Å². The molecule has 1 saturated heterocycles. The molecule has 2 heterocycles. The summed E-state index contributed by atoms with van der Waals surface area (Å²) in [6.45, 7) is 2.94. The van der Waals surface area contributed by atoms with E-state index in [1.165, 1.54) is 6.20 Å². The van der Waals surface area contributed by atoms with Crippen LogP contribution in [0.15, 0.2) is 12.3 Å². The lowest BCUT2D eigenvalue weighted by molar-refractivity contribution is -0.0130. The van der Waals surface area contributed by atoms with Gasteiger partial charge in [-0.3, -0.25) is 9.69 Å². The van der Waals surface area contributed by atoms with Crippen LogP contribution in [0.25, 0.3) is 0 Å². The van der Waals surface area contributed by atoms with Crippen molar-refractivity contribution in [3.05, 3.63) is 22.8 Å². The van der Waals surface area contributed by atoms with Crippen molar-refractivity contribution in [3.63, 3.8) is 0 Å². The van der Waals surface area contributed by atoms with E-state index in [1.54, 1.807) is 6.07 Å². The fraction of sp³-hybridized carbons (Fsp3) is 0.600. The Morgan fingerprint density at radius 3 is 2.67 bits per heavy atom. The van der Waals surface area contributed by atoms with Crippen molar-refractivity contribution in [2.75, 3.05) is 32.0 Å². The maximum Gasteiger partial charge on any atom is 0.186 e. The highest BCUT2D eigenvalue weighted by atomic mass is 35.5. The second kappa shape index (κ2) is 5.91. The summed E-state index contributed by atoms with van der Waals surface area (Å²) in [4.78, 5) is 19.5. The molecule has 1 aromatic heterocycles. The highest BCUT2D eigenvalue weighted by Gasteiger charge is 2.47. The minimum atomic E-state index is -0.454. The third kappa shape index (κ3) is 2.65. The van der Waals surface area contributed by atoms with Crippen LogP contribution in [-0.4, -0.2) is 47.5 Å². The molecule has 0 unspecified atom stereocenters. The Labute approximate surface area is 129 Å². The highest BCUT2D eigenvalue weighted by Crippen LogP contribution is 2.39. The van der Waals surface area contributed by atoms with Gasteiger partial charge in [-0.1, -0.05) is 24.4 Å². The summed E-state index contributed by atoms with van der Waals surface area (Å²) in [7, 11) is 0. The summed E-state index contributed by atoms with van der Waals surface area (Å²) in [6.07, 6.45) is 5.35. The predicted molar refractivity (Wildman–Crippen MR) is 81.6 cm³/mol. The molecule has 0 aromatic carbocycles. The Kier molecular flexibility index (Phi) is 4.15. The summed E-state index contributed by atoms with van der Waals surface area (Å²) in [6, 6.07) is 1.65. The normalized spacial score (nSPS) is 22.3. The summed E-state index contributed by atoms with van der Waals surface area (Å²) >= 11 is 5.99. The number of pyridine rings is 1. The molecule has 0 amide bonds. The number of carbonyl (C=O) groups excluding carboxylic acids is 1. The predicted octanol–water partition coefficient (Wildman–Crippen LogP) is 2.14. The minimum Gasteiger partial charge on any atom is -0.383 e. The monoisotopic (exact) mass is 309 g/mol. The van der Waals surface area contributed by atoms with Gasteiger partial charge in [-0.05, 0) is 18.9 Å². The van der Waals surface area contributed by atoms with Crippen LogP contribution in [0.3, 0.4) is 0 Å². The van der Waals surface area contributed by atoms with E-state index in [2.05, 4.69) is 9.88 Å². The van der Waals surface area contributed by atoms with Crippen LogP contribution in [0.2, 0.25) is 5.02 Å². The zero-order valence-electron chi connectivity index (χ0n) is 12.0. The number of aromatic nitrogens is 1. The fourth-order valence-electron chi connectivity index (χ4n) is 3.52. The van der Waals surface area contributed by atoms with Crippen molar-refractivity contribution in [1.82, 2.24) is 9.88 Å². The molecule has 0 radical (unpaired) electrons. The molecule has 5 nitrogen and oxygen atoms in total. The zero-order valence-corrected chi connectivity index (χ0v) is 12.7. The number of hydrogen-bond acceptors (Lipinski definition) is 5. The van der Waals surface area contributed by atoms with Crippen molar-refractivity contribution < 1.29 is 9.53 Å². The van der Waals surface area contributed by atoms with Crippen LogP contribution in [0.5, 0.6) is 0 Å². The Hall–Kier alpha value is -1.17. The summed E-state index contributed by atoms with van der Waals surface area (Å²) in [5.41, 5.74) is 5.91. The molecule has 1 aliphatic carbocycles. The number of ketones is 1. The number of nitrogens with two attached hydrogens (primary N) is 1. The maximum absolute atomic E-state index is 13.2. The number of anilines is 1. The molecule has 114 valence electrons. The number of Topliss-reactive ketones (excluding diaryl/α,β-unsaturated/α-hetero) is 1. The second-order valence-electron chi connectivity index (χ2n) is 5.75. The molecule has 6 heteroatoms. The maximum atomic E-state index is 13.2. The average Bonchev–Trinajstić information content (AvgIpc) is 3.01. The largest absolute Gasteiger partial charge is 0.383 e. The number of hydrogen-bond donors (Lipinski definition) is 1. The first-order valence-electron chi connectivity index (χ1n) is 7.42. The third-order valence-electron chi connectivity index (χ3n) is 4.60. The summed E-state index contributed by atoms with van der Waals surface area (Å²) in [5.74, 6) is 0.332. The number of morpholine rings is 1. The second-order valence-corrected chi connectivity index (χ2v) is 6.19. The van der Waals surface area contributed by atoms with Crippen LogP contribution in [0.1, 0.15) is 36.0 Å².